The van der Waals surface area contributed by atoms with Crippen LogP contribution in [0.5, 0.6) is 0 Å². The van der Waals surface area contributed by atoms with Gasteiger partial charge in [0.1, 0.15) is 0 Å². The molecular weight excluding hydrogens is 340 g/mol. The van der Waals surface area contributed by atoms with Crippen molar-refractivity contribution in [2.75, 3.05) is 11.9 Å². The van der Waals surface area contributed by atoms with Crippen molar-refractivity contribution in [3.8, 4) is 5.69 Å². The Balaban J connectivity index is 1.75. The van der Waals surface area contributed by atoms with Crippen LogP contribution in [0.2, 0.25) is 0 Å². The smallest absolute Gasteiger partial charge is 0.254 e. The molecule has 0 aliphatic carbocycles. The molecule has 1 aromatic carbocycles. The Morgan fingerprint density at radius 3 is 2.52 bits per heavy atom. The summed E-state index contributed by atoms with van der Waals surface area (Å²) in [6, 6.07) is 7.89. The van der Waals surface area contributed by atoms with Crippen molar-refractivity contribution < 1.29 is 4.79 Å². The molecule has 27 heavy (non-hydrogen) atoms. The van der Waals surface area contributed by atoms with Gasteiger partial charge in [0, 0.05) is 30.2 Å². The lowest BCUT2D eigenvalue weighted by molar-refractivity contribution is 0.0939. The number of amides is 1. The lowest BCUT2D eigenvalue weighted by Crippen LogP contribution is -2.27. The van der Waals surface area contributed by atoms with Crippen LogP contribution in [-0.4, -0.2) is 32.2 Å². The molecule has 2 heterocycles. The number of benzene rings is 1. The van der Waals surface area contributed by atoms with Gasteiger partial charge in [0.15, 0.2) is 0 Å². The summed E-state index contributed by atoms with van der Waals surface area (Å²) in [5, 5.41) is 10.5. The average molecular weight is 364 g/mol. The standard InChI is InChI=1S/C20H24N6O/c1-5-21-20-22-10-16(11-23-20)19(27)25-14(3)17-12-24-26(15(17)4)18-9-7-6-8-13(18)2/h6-12,14H,5H2,1-4H3,(H,25,27)(H,21,22,23)/t14-/m1/s1. The van der Waals surface area contributed by atoms with Crippen molar-refractivity contribution >= 4 is 11.9 Å². The minimum atomic E-state index is -0.214. The second kappa shape index (κ2) is 7.99. The summed E-state index contributed by atoms with van der Waals surface area (Å²) in [5.41, 5.74) is 4.57. The van der Waals surface area contributed by atoms with E-state index in [-0.39, 0.29) is 11.9 Å². The van der Waals surface area contributed by atoms with Gasteiger partial charge < -0.3 is 10.6 Å². The van der Waals surface area contributed by atoms with E-state index in [0.29, 0.717) is 11.5 Å². The summed E-state index contributed by atoms with van der Waals surface area (Å²) in [7, 11) is 0. The molecule has 1 atom stereocenters. The zero-order valence-electron chi connectivity index (χ0n) is 16.0. The Bertz CT molecular complexity index is 932. The quantitative estimate of drug-likeness (QED) is 0.702. The van der Waals surface area contributed by atoms with Crippen LogP contribution >= 0.6 is 0 Å². The van der Waals surface area contributed by atoms with E-state index in [0.717, 1.165) is 29.1 Å². The van der Waals surface area contributed by atoms with Crippen molar-refractivity contribution in [3.05, 3.63) is 65.2 Å². The van der Waals surface area contributed by atoms with Gasteiger partial charge in [0.05, 0.1) is 23.5 Å². The molecule has 0 unspecified atom stereocenters. The van der Waals surface area contributed by atoms with Gasteiger partial charge in [0.2, 0.25) is 5.95 Å². The summed E-state index contributed by atoms with van der Waals surface area (Å²) in [4.78, 5) is 20.8. The van der Waals surface area contributed by atoms with Crippen molar-refractivity contribution in [2.24, 2.45) is 0 Å². The molecule has 0 radical (unpaired) electrons. The van der Waals surface area contributed by atoms with Crippen molar-refractivity contribution in [1.29, 1.82) is 0 Å². The minimum Gasteiger partial charge on any atom is -0.355 e. The second-order valence-electron chi connectivity index (χ2n) is 6.40. The Kier molecular flexibility index (Phi) is 5.49. The van der Waals surface area contributed by atoms with E-state index < -0.39 is 0 Å². The number of carbonyl (C=O) groups is 1. The van der Waals surface area contributed by atoms with Crippen LogP contribution in [0.3, 0.4) is 0 Å². The first kappa shape index (κ1) is 18.6. The molecule has 0 aliphatic rings. The number of carbonyl (C=O) groups excluding carboxylic acids is 1. The van der Waals surface area contributed by atoms with Gasteiger partial charge in [-0.1, -0.05) is 18.2 Å². The molecule has 0 saturated heterocycles. The van der Waals surface area contributed by atoms with Crippen LogP contribution in [-0.2, 0) is 0 Å². The molecule has 0 saturated carbocycles. The third-order valence-electron chi connectivity index (χ3n) is 4.45. The van der Waals surface area contributed by atoms with Crippen molar-refractivity contribution in [1.82, 2.24) is 25.1 Å². The number of anilines is 1. The van der Waals surface area contributed by atoms with Crippen LogP contribution in [0.15, 0.2) is 42.9 Å². The zero-order chi connectivity index (χ0) is 19.4. The fourth-order valence-electron chi connectivity index (χ4n) is 2.94. The SMILES string of the molecule is CCNc1ncc(C(=O)N[C@H](C)c2cnn(-c3ccccc3C)c2C)cn1. The topological polar surface area (TPSA) is 84.7 Å². The lowest BCUT2D eigenvalue weighted by Gasteiger charge is -2.14. The Hall–Kier alpha value is -3.22. The maximum atomic E-state index is 12.5. The Morgan fingerprint density at radius 1 is 1.15 bits per heavy atom. The number of para-hydroxylation sites is 1. The molecule has 3 rings (SSSR count). The maximum absolute atomic E-state index is 12.5. The molecule has 2 aromatic heterocycles. The predicted molar refractivity (Wildman–Crippen MR) is 105 cm³/mol. The van der Waals surface area contributed by atoms with Gasteiger partial charge in [-0.05, 0) is 39.3 Å². The summed E-state index contributed by atoms with van der Waals surface area (Å²) in [5.74, 6) is 0.297. The zero-order valence-corrected chi connectivity index (χ0v) is 16.0. The molecule has 0 bridgehead atoms. The highest BCUT2D eigenvalue weighted by atomic mass is 16.1. The van der Waals surface area contributed by atoms with Gasteiger partial charge in [-0.25, -0.2) is 14.6 Å². The highest BCUT2D eigenvalue weighted by Gasteiger charge is 2.18. The first-order valence-electron chi connectivity index (χ1n) is 8.98. The van der Waals surface area contributed by atoms with Gasteiger partial charge in [-0.2, -0.15) is 5.10 Å². The average Bonchev–Trinajstić information content (AvgIpc) is 3.04. The van der Waals surface area contributed by atoms with Crippen molar-refractivity contribution in [3.63, 3.8) is 0 Å². The van der Waals surface area contributed by atoms with E-state index in [1.165, 1.54) is 12.4 Å². The number of nitrogens with one attached hydrogen (secondary N) is 2. The molecule has 3 aromatic rings. The third kappa shape index (κ3) is 3.97. The van der Waals surface area contributed by atoms with Crippen LogP contribution in [0.25, 0.3) is 5.69 Å². The molecule has 7 nitrogen and oxygen atoms in total. The van der Waals surface area contributed by atoms with Crippen LogP contribution in [0, 0.1) is 13.8 Å². The summed E-state index contributed by atoms with van der Waals surface area (Å²) >= 11 is 0. The number of hydrogen-bond donors (Lipinski definition) is 2. The van der Waals surface area contributed by atoms with E-state index in [4.69, 9.17) is 0 Å². The minimum absolute atomic E-state index is 0.191. The monoisotopic (exact) mass is 364 g/mol. The first-order chi connectivity index (χ1) is 13.0. The Labute approximate surface area is 158 Å². The van der Waals surface area contributed by atoms with Gasteiger partial charge >= 0.3 is 0 Å². The largest absolute Gasteiger partial charge is 0.355 e. The van der Waals surface area contributed by atoms with Gasteiger partial charge in [-0.3, -0.25) is 4.79 Å². The summed E-state index contributed by atoms with van der Waals surface area (Å²) in [6.07, 6.45) is 4.85. The summed E-state index contributed by atoms with van der Waals surface area (Å²) < 4.78 is 1.90. The number of hydrogen-bond acceptors (Lipinski definition) is 5. The predicted octanol–water partition coefficient (Wildman–Crippen LogP) is 3.20. The van der Waals surface area contributed by atoms with E-state index in [2.05, 4.69) is 38.7 Å². The van der Waals surface area contributed by atoms with Gasteiger partial charge in [0.25, 0.3) is 5.91 Å². The summed E-state index contributed by atoms with van der Waals surface area (Å²) in [6.45, 7) is 8.69. The first-order valence-corrected chi connectivity index (χ1v) is 8.98. The number of nitrogens with zero attached hydrogens (tertiary/aromatic N) is 4. The molecular formula is C20H24N6O. The van der Waals surface area contributed by atoms with E-state index >= 15 is 0 Å². The number of rotatable bonds is 6. The molecule has 7 heteroatoms. The van der Waals surface area contributed by atoms with E-state index in [1.807, 2.05) is 43.7 Å². The number of aryl methyl sites for hydroxylation is 1. The number of aromatic nitrogens is 4. The Morgan fingerprint density at radius 2 is 1.85 bits per heavy atom. The molecule has 2 N–H and O–H groups in total. The highest BCUT2D eigenvalue weighted by molar-refractivity contribution is 5.93. The third-order valence-corrected chi connectivity index (χ3v) is 4.45. The molecule has 0 fully saturated rings. The van der Waals surface area contributed by atoms with E-state index in [9.17, 15) is 4.79 Å². The molecule has 140 valence electrons. The fourth-order valence-corrected chi connectivity index (χ4v) is 2.94. The normalized spacial score (nSPS) is 11.9. The van der Waals surface area contributed by atoms with E-state index in [1.54, 1.807) is 6.20 Å². The second-order valence-corrected chi connectivity index (χ2v) is 6.40. The van der Waals surface area contributed by atoms with Crippen molar-refractivity contribution in [2.45, 2.75) is 33.7 Å². The van der Waals surface area contributed by atoms with Gasteiger partial charge in [-0.15, -0.1) is 0 Å². The van der Waals surface area contributed by atoms with Crippen LogP contribution < -0.4 is 10.6 Å². The molecule has 1 amide bonds. The lowest BCUT2D eigenvalue weighted by atomic mass is 10.1. The molecule has 0 spiro atoms. The molecule has 0 aliphatic heterocycles. The highest BCUT2D eigenvalue weighted by Crippen LogP contribution is 2.22. The van der Waals surface area contributed by atoms with Crippen LogP contribution in [0.4, 0.5) is 5.95 Å². The maximum Gasteiger partial charge on any atom is 0.254 e. The fraction of sp³-hybridized carbons (Fsp3) is 0.300. The van der Waals surface area contributed by atoms with Crippen LogP contribution in [0.1, 0.15) is 47.1 Å².